The summed E-state index contributed by atoms with van der Waals surface area (Å²) in [6, 6.07) is 1.75. The Balaban J connectivity index is 1.90. The van der Waals surface area contributed by atoms with E-state index in [0.29, 0.717) is 11.5 Å². The molecular formula is C11H13N7O. The van der Waals surface area contributed by atoms with Crippen LogP contribution in [0.3, 0.4) is 0 Å². The van der Waals surface area contributed by atoms with Crippen molar-refractivity contribution in [2.24, 2.45) is 0 Å². The highest BCUT2D eigenvalue weighted by Crippen LogP contribution is 2.18. The third-order valence-corrected chi connectivity index (χ3v) is 2.89. The van der Waals surface area contributed by atoms with Gasteiger partial charge in [-0.25, -0.2) is 24.3 Å². The standard InChI is InChI=1S/C11H13N7O/c1-2-7(10-12-3-4-13-10)15-8-5-9-16-17-11(19)18(9)6-14-8/h3-7,15H,2H2,1H3,(H,12,13)(H,17,19). The zero-order valence-corrected chi connectivity index (χ0v) is 10.3. The Labute approximate surface area is 107 Å². The zero-order chi connectivity index (χ0) is 13.2. The molecule has 0 saturated carbocycles. The molecule has 19 heavy (non-hydrogen) atoms. The van der Waals surface area contributed by atoms with Crippen LogP contribution >= 0.6 is 0 Å². The zero-order valence-electron chi connectivity index (χ0n) is 10.3. The topological polar surface area (TPSA) is 104 Å². The Morgan fingerprint density at radius 1 is 1.47 bits per heavy atom. The summed E-state index contributed by atoms with van der Waals surface area (Å²) in [5.74, 6) is 1.50. The largest absolute Gasteiger partial charge is 0.360 e. The van der Waals surface area contributed by atoms with E-state index in [9.17, 15) is 4.79 Å². The Morgan fingerprint density at radius 2 is 2.37 bits per heavy atom. The lowest BCUT2D eigenvalue weighted by Gasteiger charge is -2.14. The van der Waals surface area contributed by atoms with Gasteiger partial charge in [0.15, 0.2) is 5.65 Å². The third-order valence-electron chi connectivity index (χ3n) is 2.89. The van der Waals surface area contributed by atoms with Gasteiger partial charge < -0.3 is 10.3 Å². The molecule has 0 amide bonds. The van der Waals surface area contributed by atoms with Crippen molar-refractivity contribution in [1.82, 2.24) is 29.5 Å². The van der Waals surface area contributed by atoms with Gasteiger partial charge in [0.05, 0.1) is 6.04 Å². The number of nitrogens with one attached hydrogen (secondary N) is 3. The normalized spacial score (nSPS) is 12.7. The molecule has 3 aromatic heterocycles. The SMILES string of the molecule is CCC(Nc1cc2n[nH]c(=O)n2cn1)c1ncc[nH]1. The second kappa shape index (κ2) is 4.56. The maximum Gasteiger partial charge on any atom is 0.348 e. The molecule has 8 heteroatoms. The van der Waals surface area contributed by atoms with Gasteiger partial charge in [0.25, 0.3) is 0 Å². The fraction of sp³-hybridized carbons (Fsp3) is 0.273. The van der Waals surface area contributed by atoms with Crippen molar-refractivity contribution in [2.75, 3.05) is 5.32 Å². The molecule has 1 unspecified atom stereocenters. The number of aromatic nitrogens is 6. The van der Waals surface area contributed by atoms with Crippen LogP contribution < -0.4 is 11.0 Å². The number of H-pyrrole nitrogens is 2. The van der Waals surface area contributed by atoms with E-state index in [1.807, 2.05) is 0 Å². The molecule has 8 nitrogen and oxygen atoms in total. The predicted molar refractivity (Wildman–Crippen MR) is 68.9 cm³/mol. The number of hydrogen-bond donors (Lipinski definition) is 3. The summed E-state index contributed by atoms with van der Waals surface area (Å²) in [6.45, 7) is 2.05. The van der Waals surface area contributed by atoms with Crippen molar-refractivity contribution >= 4 is 11.5 Å². The van der Waals surface area contributed by atoms with Crippen molar-refractivity contribution < 1.29 is 0 Å². The molecule has 3 rings (SSSR count). The monoisotopic (exact) mass is 259 g/mol. The molecule has 3 aromatic rings. The van der Waals surface area contributed by atoms with Gasteiger partial charge in [-0.1, -0.05) is 6.92 Å². The van der Waals surface area contributed by atoms with Crippen LogP contribution in [0.25, 0.3) is 5.65 Å². The second-order valence-electron chi connectivity index (χ2n) is 4.11. The number of anilines is 1. The van der Waals surface area contributed by atoms with Crippen molar-refractivity contribution in [3.05, 3.63) is 41.1 Å². The predicted octanol–water partition coefficient (Wildman–Crippen LogP) is 0.704. The highest BCUT2D eigenvalue weighted by molar-refractivity contribution is 5.49. The number of imidazole rings is 1. The van der Waals surface area contributed by atoms with Gasteiger partial charge in [-0.3, -0.25) is 0 Å². The van der Waals surface area contributed by atoms with Gasteiger partial charge in [0.1, 0.15) is 18.0 Å². The lowest BCUT2D eigenvalue weighted by Crippen LogP contribution is -2.14. The average molecular weight is 259 g/mol. The van der Waals surface area contributed by atoms with Crippen molar-refractivity contribution in [1.29, 1.82) is 0 Å². The average Bonchev–Trinajstić information content (AvgIpc) is 3.06. The number of hydrogen-bond acceptors (Lipinski definition) is 5. The molecule has 0 saturated heterocycles. The van der Waals surface area contributed by atoms with Crippen molar-refractivity contribution in [3.63, 3.8) is 0 Å². The Kier molecular flexibility index (Phi) is 2.75. The van der Waals surface area contributed by atoms with Crippen molar-refractivity contribution in [2.45, 2.75) is 19.4 Å². The third kappa shape index (κ3) is 2.07. The van der Waals surface area contributed by atoms with Gasteiger partial charge in [0, 0.05) is 18.5 Å². The number of nitrogens with zero attached hydrogens (tertiary/aromatic N) is 4. The van der Waals surface area contributed by atoms with Crippen LogP contribution in [0.5, 0.6) is 0 Å². The first-order valence-electron chi connectivity index (χ1n) is 5.96. The molecule has 1 atom stereocenters. The molecule has 0 radical (unpaired) electrons. The number of rotatable bonds is 4. The van der Waals surface area contributed by atoms with E-state index in [-0.39, 0.29) is 11.7 Å². The molecule has 0 aromatic carbocycles. The molecule has 0 aliphatic heterocycles. The van der Waals surface area contributed by atoms with E-state index >= 15 is 0 Å². The van der Waals surface area contributed by atoms with Crippen LogP contribution in [0.15, 0.2) is 29.6 Å². The molecule has 0 fully saturated rings. The summed E-state index contributed by atoms with van der Waals surface area (Å²) in [4.78, 5) is 22.8. The van der Waals surface area contributed by atoms with Crippen LogP contribution in [0.1, 0.15) is 25.2 Å². The first kappa shape index (κ1) is 11.5. The van der Waals surface area contributed by atoms with E-state index in [4.69, 9.17) is 0 Å². The van der Waals surface area contributed by atoms with Crippen LogP contribution in [0.2, 0.25) is 0 Å². The maximum absolute atomic E-state index is 11.3. The first-order chi connectivity index (χ1) is 9.28. The minimum absolute atomic E-state index is 0.0376. The molecule has 98 valence electrons. The van der Waals surface area contributed by atoms with E-state index in [2.05, 4.69) is 37.4 Å². The van der Waals surface area contributed by atoms with Crippen molar-refractivity contribution in [3.8, 4) is 0 Å². The second-order valence-corrected chi connectivity index (χ2v) is 4.11. The fourth-order valence-corrected chi connectivity index (χ4v) is 1.90. The van der Waals surface area contributed by atoms with Gasteiger partial charge in [-0.2, -0.15) is 5.10 Å². The lowest BCUT2D eigenvalue weighted by atomic mass is 10.2. The van der Waals surface area contributed by atoms with E-state index in [1.54, 1.807) is 18.5 Å². The first-order valence-corrected chi connectivity index (χ1v) is 5.96. The summed E-state index contributed by atoms with van der Waals surface area (Å²) in [7, 11) is 0. The van der Waals surface area contributed by atoms with Gasteiger partial charge in [-0.05, 0) is 6.42 Å². The Bertz CT molecular complexity index is 727. The molecule has 0 spiro atoms. The van der Waals surface area contributed by atoms with Crippen LogP contribution in [-0.4, -0.2) is 29.5 Å². The summed E-state index contributed by atoms with van der Waals surface area (Å²) in [5.41, 5.74) is 0.226. The Morgan fingerprint density at radius 3 is 3.11 bits per heavy atom. The molecule has 0 bridgehead atoms. The van der Waals surface area contributed by atoms with Gasteiger partial charge >= 0.3 is 5.69 Å². The molecule has 0 aliphatic rings. The van der Waals surface area contributed by atoms with E-state index in [1.165, 1.54) is 10.7 Å². The molecule has 0 aliphatic carbocycles. The quantitative estimate of drug-likeness (QED) is 0.640. The molecular weight excluding hydrogens is 246 g/mol. The Hall–Kier alpha value is -2.64. The summed E-state index contributed by atoms with van der Waals surface area (Å²) in [5, 5.41) is 9.52. The maximum atomic E-state index is 11.3. The van der Waals surface area contributed by atoms with E-state index in [0.717, 1.165) is 12.2 Å². The fourth-order valence-electron chi connectivity index (χ4n) is 1.90. The highest BCUT2D eigenvalue weighted by atomic mass is 16.1. The summed E-state index contributed by atoms with van der Waals surface area (Å²) < 4.78 is 1.35. The van der Waals surface area contributed by atoms with Gasteiger partial charge in [0.2, 0.25) is 0 Å². The lowest BCUT2D eigenvalue weighted by molar-refractivity contribution is 0.699. The van der Waals surface area contributed by atoms with E-state index < -0.39 is 0 Å². The number of fused-ring (bicyclic) bond motifs is 1. The summed E-state index contributed by atoms with van der Waals surface area (Å²) >= 11 is 0. The van der Waals surface area contributed by atoms with Crippen LogP contribution in [-0.2, 0) is 0 Å². The number of aromatic amines is 2. The molecule has 3 heterocycles. The molecule has 3 N–H and O–H groups in total. The minimum atomic E-state index is -0.299. The minimum Gasteiger partial charge on any atom is -0.360 e. The van der Waals surface area contributed by atoms with Crippen LogP contribution in [0, 0.1) is 0 Å². The van der Waals surface area contributed by atoms with Gasteiger partial charge in [-0.15, -0.1) is 0 Å². The smallest absolute Gasteiger partial charge is 0.348 e. The summed E-state index contributed by atoms with van der Waals surface area (Å²) in [6.07, 6.45) is 5.79. The highest BCUT2D eigenvalue weighted by Gasteiger charge is 2.12. The van der Waals surface area contributed by atoms with Crippen LogP contribution in [0.4, 0.5) is 5.82 Å².